The second-order valence-electron chi connectivity index (χ2n) is 11.1. The van der Waals surface area contributed by atoms with E-state index in [-0.39, 0.29) is 24.4 Å². The average molecular weight is 514 g/mol. The largest absolute Gasteiger partial charge is 0.437 e. The minimum atomic E-state index is -4.59. The summed E-state index contributed by atoms with van der Waals surface area (Å²) in [5.41, 5.74) is 0.215. The Hall–Kier alpha value is -2.34. The molecule has 36 heavy (non-hydrogen) atoms. The monoisotopic (exact) mass is 513 g/mol. The molecule has 1 spiro atoms. The number of aromatic nitrogens is 2. The first-order valence-corrected chi connectivity index (χ1v) is 12.7. The van der Waals surface area contributed by atoms with Crippen LogP contribution in [0.5, 0.6) is 0 Å². The summed E-state index contributed by atoms with van der Waals surface area (Å²) in [5, 5.41) is 0. The van der Waals surface area contributed by atoms with Crippen LogP contribution in [0.15, 0.2) is 6.20 Å². The molecular formula is C24H34F3N5O4. The number of amides is 2. The molecule has 2 amide bonds. The Labute approximate surface area is 208 Å². The number of likely N-dealkylation sites (tertiary alicyclic amines) is 2. The van der Waals surface area contributed by atoms with E-state index in [1.54, 1.807) is 0 Å². The molecule has 5 rings (SSSR count). The maximum Gasteiger partial charge on any atom is 0.425 e. The van der Waals surface area contributed by atoms with Gasteiger partial charge in [-0.2, -0.15) is 13.2 Å². The van der Waals surface area contributed by atoms with Crippen LogP contribution in [-0.4, -0.2) is 100 Å². The van der Waals surface area contributed by atoms with Gasteiger partial charge in [0.1, 0.15) is 11.5 Å². The van der Waals surface area contributed by atoms with Crippen LogP contribution in [0.3, 0.4) is 0 Å². The van der Waals surface area contributed by atoms with Gasteiger partial charge in [0.2, 0.25) is 0 Å². The molecule has 0 bridgehead atoms. The number of nitrogens with zero attached hydrogens (tertiary/aromatic N) is 5. The lowest BCUT2D eigenvalue weighted by atomic mass is 9.85. The van der Waals surface area contributed by atoms with Gasteiger partial charge < -0.3 is 23.8 Å². The molecule has 5 heterocycles. The van der Waals surface area contributed by atoms with Crippen LogP contribution >= 0.6 is 0 Å². The summed E-state index contributed by atoms with van der Waals surface area (Å²) in [5.74, 6) is 0.778. The van der Waals surface area contributed by atoms with Crippen molar-refractivity contribution in [2.24, 2.45) is 5.41 Å². The predicted molar refractivity (Wildman–Crippen MR) is 122 cm³/mol. The number of carbonyl (C=O) groups is 2. The third-order valence-electron chi connectivity index (χ3n) is 8.14. The van der Waals surface area contributed by atoms with Crippen LogP contribution in [-0.2, 0) is 22.6 Å². The molecule has 0 aromatic carbocycles. The number of carbonyl (C=O) groups excluding carboxylic acids is 2. The number of alkyl halides is 3. The highest BCUT2D eigenvalue weighted by atomic mass is 19.4. The van der Waals surface area contributed by atoms with Crippen molar-refractivity contribution in [2.45, 2.75) is 70.4 Å². The summed E-state index contributed by atoms with van der Waals surface area (Å²) in [4.78, 5) is 36.1. The molecule has 0 N–H and O–H groups in total. The first-order valence-electron chi connectivity index (χ1n) is 12.7. The van der Waals surface area contributed by atoms with Gasteiger partial charge >= 0.3 is 12.3 Å². The third kappa shape index (κ3) is 4.81. The number of rotatable bonds is 4. The fourth-order valence-electron chi connectivity index (χ4n) is 5.93. The lowest BCUT2D eigenvalue weighted by Gasteiger charge is -2.44. The van der Waals surface area contributed by atoms with E-state index < -0.39 is 23.9 Å². The van der Waals surface area contributed by atoms with Crippen molar-refractivity contribution >= 4 is 12.0 Å². The molecule has 0 radical (unpaired) electrons. The van der Waals surface area contributed by atoms with Crippen LogP contribution in [0.25, 0.3) is 0 Å². The zero-order valence-electron chi connectivity index (χ0n) is 20.9. The van der Waals surface area contributed by atoms with E-state index >= 15 is 0 Å². The molecule has 1 aromatic rings. The first kappa shape index (κ1) is 25.3. The number of piperidine rings is 1. The number of halogens is 3. The van der Waals surface area contributed by atoms with E-state index in [2.05, 4.69) is 21.1 Å². The molecule has 0 saturated carbocycles. The normalized spacial score (nSPS) is 24.4. The molecule has 1 aromatic heterocycles. The molecule has 3 fully saturated rings. The summed E-state index contributed by atoms with van der Waals surface area (Å²) in [7, 11) is 0. The van der Waals surface area contributed by atoms with Crippen molar-refractivity contribution in [2.75, 3.05) is 45.9 Å². The van der Waals surface area contributed by atoms with Gasteiger partial charge in [-0.1, -0.05) is 6.92 Å². The van der Waals surface area contributed by atoms with Gasteiger partial charge in [0.25, 0.3) is 5.91 Å². The molecule has 3 saturated heterocycles. The molecule has 9 nitrogen and oxygen atoms in total. The minimum absolute atomic E-state index is 0.109. The van der Waals surface area contributed by atoms with E-state index in [9.17, 15) is 22.8 Å². The topological polar surface area (TPSA) is 80.1 Å². The quantitative estimate of drug-likeness (QED) is 0.616. The van der Waals surface area contributed by atoms with Crippen LogP contribution < -0.4 is 0 Å². The Kier molecular flexibility index (Phi) is 6.47. The Morgan fingerprint density at radius 1 is 1.14 bits per heavy atom. The average Bonchev–Trinajstić information content (AvgIpc) is 3.41. The van der Waals surface area contributed by atoms with Crippen molar-refractivity contribution in [1.29, 1.82) is 0 Å². The standard InChI is InChI=1S/C24H34F3N5O4/c1-17(24(25,26)27)36-21(34)30-8-5-23(6-9-30)4-3-7-32(23)20(33)18-12-31-11-10-29(13-19(31)28-18)14-22(2)15-35-16-22/h12,17H,3-11,13-16H2,1-2H3. The van der Waals surface area contributed by atoms with Crippen molar-refractivity contribution < 1.29 is 32.2 Å². The molecule has 4 aliphatic rings. The van der Waals surface area contributed by atoms with Crippen LogP contribution in [0.4, 0.5) is 18.0 Å². The lowest BCUT2D eigenvalue weighted by Crippen LogP contribution is -2.55. The maximum absolute atomic E-state index is 13.6. The van der Waals surface area contributed by atoms with Gasteiger partial charge in [-0.3, -0.25) is 9.69 Å². The number of imidazole rings is 1. The Morgan fingerprint density at radius 2 is 1.86 bits per heavy atom. The molecule has 200 valence electrons. The zero-order valence-corrected chi connectivity index (χ0v) is 20.9. The van der Waals surface area contributed by atoms with E-state index in [0.717, 1.165) is 58.4 Å². The summed E-state index contributed by atoms with van der Waals surface area (Å²) in [6.45, 7) is 9.04. The maximum atomic E-state index is 13.6. The highest BCUT2D eigenvalue weighted by Gasteiger charge is 2.48. The van der Waals surface area contributed by atoms with E-state index in [4.69, 9.17) is 9.72 Å². The zero-order chi connectivity index (χ0) is 25.7. The summed E-state index contributed by atoms with van der Waals surface area (Å²) < 4.78 is 50.3. The number of hydrogen-bond acceptors (Lipinski definition) is 6. The van der Waals surface area contributed by atoms with Gasteiger partial charge in [0, 0.05) is 56.4 Å². The number of ether oxygens (including phenoxy) is 2. The summed E-state index contributed by atoms with van der Waals surface area (Å²) in [6.07, 6.45) is -3.18. The van der Waals surface area contributed by atoms with Crippen molar-refractivity contribution in [1.82, 2.24) is 24.3 Å². The second kappa shape index (κ2) is 9.20. The Morgan fingerprint density at radius 3 is 2.50 bits per heavy atom. The van der Waals surface area contributed by atoms with E-state index in [1.165, 1.54) is 4.90 Å². The smallest absolute Gasteiger partial charge is 0.425 e. The lowest BCUT2D eigenvalue weighted by molar-refractivity contribution is -0.200. The molecule has 0 aliphatic carbocycles. The first-order chi connectivity index (χ1) is 17.0. The molecule has 4 aliphatic heterocycles. The van der Waals surface area contributed by atoms with Gasteiger partial charge in [-0.15, -0.1) is 0 Å². The number of hydrogen-bond donors (Lipinski definition) is 0. The molecule has 1 atom stereocenters. The highest BCUT2D eigenvalue weighted by Crippen LogP contribution is 2.40. The predicted octanol–water partition coefficient (Wildman–Crippen LogP) is 2.89. The number of fused-ring (bicyclic) bond motifs is 1. The highest BCUT2D eigenvalue weighted by molar-refractivity contribution is 5.93. The summed E-state index contributed by atoms with van der Waals surface area (Å²) >= 11 is 0. The van der Waals surface area contributed by atoms with E-state index in [0.29, 0.717) is 31.6 Å². The van der Waals surface area contributed by atoms with Crippen LogP contribution in [0, 0.1) is 5.41 Å². The molecule has 12 heteroatoms. The van der Waals surface area contributed by atoms with Crippen LogP contribution in [0.2, 0.25) is 0 Å². The SMILES string of the molecule is CC(OC(=O)N1CCC2(CCCN2C(=O)c2cn3c(n2)CN(CC2(C)COC2)CC3)CC1)C(F)(F)F. The van der Waals surface area contributed by atoms with Gasteiger partial charge in [-0.25, -0.2) is 9.78 Å². The Balaban J connectivity index is 1.21. The minimum Gasteiger partial charge on any atom is -0.437 e. The van der Waals surface area contributed by atoms with Crippen molar-refractivity contribution in [3.8, 4) is 0 Å². The van der Waals surface area contributed by atoms with Gasteiger partial charge in [0.05, 0.1) is 19.8 Å². The molecular weight excluding hydrogens is 479 g/mol. The third-order valence-corrected chi connectivity index (χ3v) is 8.14. The van der Waals surface area contributed by atoms with E-state index in [1.807, 2.05) is 11.1 Å². The van der Waals surface area contributed by atoms with Gasteiger partial charge in [-0.05, 0) is 32.6 Å². The van der Waals surface area contributed by atoms with Gasteiger partial charge in [0.15, 0.2) is 6.10 Å². The van der Waals surface area contributed by atoms with Crippen molar-refractivity contribution in [3.63, 3.8) is 0 Å². The fourth-order valence-corrected chi connectivity index (χ4v) is 5.93. The van der Waals surface area contributed by atoms with Crippen LogP contribution in [0.1, 0.15) is 55.8 Å². The second-order valence-corrected chi connectivity index (χ2v) is 11.1. The Bertz CT molecular complexity index is 1000. The van der Waals surface area contributed by atoms with Crippen molar-refractivity contribution in [3.05, 3.63) is 17.7 Å². The summed E-state index contributed by atoms with van der Waals surface area (Å²) in [6, 6.07) is 0. The molecule has 1 unspecified atom stereocenters. The fraction of sp³-hybridized carbons (Fsp3) is 0.792.